The summed E-state index contributed by atoms with van der Waals surface area (Å²) < 4.78 is 17.6. The Bertz CT molecular complexity index is 1380. The number of hydrogen-bond donors (Lipinski definition) is 1. The smallest absolute Gasteiger partial charge is 0.338 e. The minimum Gasteiger partial charge on any atom is -0.461 e. The van der Waals surface area contributed by atoms with Crippen LogP contribution >= 0.6 is 0 Å². The first-order valence-corrected chi connectivity index (χ1v) is 12.7. The van der Waals surface area contributed by atoms with Crippen molar-refractivity contribution in [2.75, 3.05) is 4.90 Å². The Kier molecular flexibility index (Phi) is 4.96. The first kappa shape index (κ1) is 24.6. The van der Waals surface area contributed by atoms with Gasteiger partial charge in [-0.2, -0.15) is 0 Å². The number of esters is 3. The van der Waals surface area contributed by atoms with Gasteiger partial charge in [-0.25, -0.2) is 4.79 Å². The summed E-state index contributed by atoms with van der Waals surface area (Å²) >= 11 is 0. The number of ether oxygens (including phenoxy) is 3. The number of aliphatic hydroxyl groups is 1. The van der Waals surface area contributed by atoms with Gasteiger partial charge in [0.25, 0.3) is 5.91 Å². The van der Waals surface area contributed by atoms with E-state index in [-0.39, 0.29) is 18.4 Å². The van der Waals surface area contributed by atoms with E-state index in [1.807, 2.05) is 13.0 Å². The maximum atomic E-state index is 14.3. The quantitative estimate of drug-likeness (QED) is 0.486. The number of hydrogen-bond acceptors (Lipinski definition) is 8. The van der Waals surface area contributed by atoms with Gasteiger partial charge in [0, 0.05) is 12.1 Å². The predicted octanol–water partition coefficient (Wildman–Crippen LogP) is 2.92. The van der Waals surface area contributed by atoms with E-state index in [4.69, 9.17) is 14.2 Å². The number of anilines is 1. The number of carbonyl (C=O) groups is 4. The lowest BCUT2D eigenvalue weighted by Crippen LogP contribution is -2.66. The van der Waals surface area contributed by atoms with Crippen LogP contribution in [0.15, 0.2) is 54.6 Å². The molecule has 1 aliphatic carbocycles. The standard InChI is InChI=1S/C29H29NO8/c1-16-9-8-12-18(13-16)30-22(32)21(37-23(33)17-10-6-5-7-11-17)29-24(30)38-25(34)27(29)15-20(31)36-19(27)14-28(29,35)26(2,3)4/h5-13,19,21,24,35H,14-15H2,1-4H3/t19-,21-,24-,27-,28+,29?/m0/s1. The van der Waals surface area contributed by atoms with Gasteiger partial charge in [0.2, 0.25) is 0 Å². The van der Waals surface area contributed by atoms with E-state index in [1.165, 1.54) is 4.90 Å². The summed E-state index contributed by atoms with van der Waals surface area (Å²) in [5.41, 5.74) is -4.81. The van der Waals surface area contributed by atoms with Crippen LogP contribution in [0.4, 0.5) is 5.69 Å². The molecule has 1 saturated carbocycles. The Morgan fingerprint density at radius 1 is 1.05 bits per heavy atom. The molecule has 1 amide bonds. The van der Waals surface area contributed by atoms with E-state index in [0.29, 0.717) is 5.69 Å². The molecule has 9 nitrogen and oxygen atoms in total. The molecule has 2 aromatic carbocycles. The highest BCUT2D eigenvalue weighted by molar-refractivity contribution is 6.07. The average molecular weight is 520 g/mol. The monoisotopic (exact) mass is 519 g/mol. The number of aryl methyl sites for hydroxylation is 1. The molecule has 3 saturated heterocycles. The van der Waals surface area contributed by atoms with Crippen LogP contribution in [0.3, 0.4) is 0 Å². The van der Waals surface area contributed by atoms with E-state index in [1.54, 1.807) is 69.3 Å². The summed E-state index contributed by atoms with van der Waals surface area (Å²) in [4.78, 5) is 55.6. The summed E-state index contributed by atoms with van der Waals surface area (Å²) in [6, 6.07) is 15.2. The Morgan fingerprint density at radius 3 is 2.42 bits per heavy atom. The first-order chi connectivity index (χ1) is 17.9. The molecule has 3 heterocycles. The van der Waals surface area contributed by atoms with Crippen LogP contribution in [0, 0.1) is 23.2 Å². The average Bonchev–Trinajstić information content (AvgIpc) is 3.46. The minimum absolute atomic E-state index is 0.109. The van der Waals surface area contributed by atoms with E-state index < -0.39 is 64.1 Å². The van der Waals surface area contributed by atoms with Crippen LogP contribution < -0.4 is 4.90 Å². The van der Waals surface area contributed by atoms with Crippen LogP contribution in [-0.2, 0) is 28.6 Å². The van der Waals surface area contributed by atoms with Gasteiger partial charge < -0.3 is 19.3 Å². The lowest BCUT2D eigenvalue weighted by Gasteiger charge is -2.51. The van der Waals surface area contributed by atoms with Gasteiger partial charge in [0.15, 0.2) is 12.3 Å². The van der Waals surface area contributed by atoms with Crippen molar-refractivity contribution in [2.24, 2.45) is 16.2 Å². The first-order valence-electron chi connectivity index (χ1n) is 12.7. The van der Waals surface area contributed by atoms with Crippen LogP contribution in [0.2, 0.25) is 0 Å². The maximum Gasteiger partial charge on any atom is 0.338 e. The van der Waals surface area contributed by atoms with E-state index >= 15 is 0 Å². The summed E-state index contributed by atoms with van der Waals surface area (Å²) in [6.45, 7) is 7.21. The number of nitrogens with zero attached hydrogens (tertiary/aromatic N) is 1. The second kappa shape index (κ2) is 7.66. The number of benzene rings is 2. The Hall–Kier alpha value is -3.72. The Morgan fingerprint density at radius 2 is 1.76 bits per heavy atom. The number of carbonyl (C=O) groups excluding carboxylic acids is 4. The van der Waals surface area contributed by atoms with Gasteiger partial charge in [0.05, 0.1) is 17.6 Å². The second-order valence-corrected chi connectivity index (χ2v) is 11.8. The normalized spacial score (nSPS) is 35.4. The van der Waals surface area contributed by atoms with Crippen LogP contribution in [-0.4, -0.2) is 53.0 Å². The predicted molar refractivity (Wildman–Crippen MR) is 133 cm³/mol. The zero-order chi connectivity index (χ0) is 27.3. The third kappa shape index (κ3) is 2.74. The van der Waals surface area contributed by atoms with E-state index in [0.717, 1.165) is 5.56 Å². The van der Waals surface area contributed by atoms with Crippen molar-refractivity contribution < 1.29 is 38.5 Å². The molecule has 4 fully saturated rings. The fourth-order valence-corrected chi connectivity index (χ4v) is 7.31. The molecular formula is C29H29NO8. The van der Waals surface area contributed by atoms with Crippen molar-refractivity contribution >= 4 is 29.5 Å². The minimum atomic E-state index is -1.82. The van der Waals surface area contributed by atoms with Crippen molar-refractivity contribution in [3.63, 3.8) is 0 Å². The molecule has 1 N–H and O–H groups in total. The molecule has 198 valence electrons. The fraction of sp³-hybridized carbons (Fsp3) is 0.448. The summed E-state index contributed by atoms with van der Waals surface area (Å²) in [5, 5.41) is 12.7. The molecule has 2 aromatic rings. The fourth-order valence-electron chi connectivity index (χ4n) is 7.31. The van der Waals surface area contributed by atoms with Crippen molar-refractivity contribution in [1.82, 2.24) is 0 Å². The van der Waals surface area contributed by atoms with Gasteiger partial charge in [-0.1, -0.05) is 51.1 Å². The molecule has 1 unspecified atom stereocenters. The molecule has 3 aliphatic heterocycles. The summed E-state index contributed by atoms with van der Waals surface area (Å²) in [5.74, 6) is -2.80. The van der Waals surface area contributed by atoms with Crippen molar-refractivity contribution in [3.05, 3.63) is 65.7 Å². The SMILES string of the molecule is Cc1cccc(N2C(=O)[C@H](OC(=O)c3ccccc3)C34[C@@H]2OC(=O)[C@@]32CC(=O)O[C@H]2C[C@@]4(O)C(C)(C)C)c1. The largest absolute Gasteiger partial charge is 0.461 e. The molecule has 0 radical (unpaired) electrons. The van der Waals surface area contributed by atoms with Gasteiger partial charge in [-0.3, -0.25) is 19.3 Å². The molecule has 6 atom stereocenters. The maximum absolute atomic E-state index is 14.3. The lowest BCUT2D eigenvalue weighted by molar-refractivity contribution is -0.204. The third-order valence-electron chi connectivity index (χ3n) is 8.99. The van der Waals surface area contributed by atoms with E-state index in [2.05, 4.69) is 0 Å². The lowest BCUT2D eigenvalue weighted by atomic mass is 9.52. The molecule has 6 rings (SSSR count). The molecular weight excluding hydrogens is 490 g/mol. The zero-order valence-electron chi connectivity index (χ0n) is 21.6. The number of amides is 1. The van der Waals surface area contributed by atoms with Crippen LogP contribution in [0.25, 0.3) is 0 Å². The summed E-state index contributed by atoms with van der Waals surface area (Å²) in [6.07, 6.45) is -4.50. The highest BCUT2D eigenvalue weighted by Crippen LogP contribution is 2.76. The summed E-state index contributed by atoms with van der Waals surface area (Å²) in [7, 11) is 0. The molecule has 2 spiro atoms. The molecule has 38 heavy (non-hydrogen) atoms. The van der Waals surface area contributed by atoms with Crippen molar-refractivity contribution in [2.45, 2.75) is 64.6 Å². The van der Waals surface area contributed by atoms with Crippen LogP contribution in [0.5, 0.6) is 0 Å². The van der Waals surface area contributed by atoms with Crippen LogP contribution in [0.1, 0.15) is 49.5 Å². The van der Waals surface area contributed by atoms with E-state index in [9.17, 15) is 24.3 Å². The highest BCUT2D eigenvalue weighted by Gasteiger charge is 2.93. The number of rotatable bonds is 3. The molecule has 0 aromatic heterocycles. The third-order valence-corrected chi connectivity index (χ3v) is 8.99. The second-order valence-electron chi connectivity index (χ2n) is 11.8. The topological polar surface area (TPSA) is 119 Å². The van der Waals surface area contributed by atoms with Gasteiger partial charge in [0.1, 0.15) is 16.9 Å². The highest BCUT2D eigenvalue weighted by atomic mass is 16.6. The molecule has 4 aliphatic rings. The Balaban J connectivity index is 1.62. The van der Waals surface area contributed by atoms with Gasteiger partial charge in [-0.15, -0.1) is 0 Å². The van der Waals surface area contributed by atoms with Gasteiger partial charge in [-0.05, 0) is 42.2 Å². The Labute approximate surface area is 219 Å². The van der Waals surface area contributed by atoms with Crippen molar-refractivity contribution in [3.8, 4) is 0 Å². The molecule has 9 heteroatoms. The van der Waals surface area contributed by atoms with Gasteiger partial charge >= 0.3 is 17.9 Å². The van der Waals surface area contributed by atoms with Crippen molar-refractivity contribution in [1.29, 1.82) is 0 Å². The molecule has 0 bridgehead atoms. The zero-order valence-corrected chi connectivity index (χ0v) is 21.6.